The molecule has 0 unspecified atom stereocenters. The first-order valence-electron chi connectivity index (χ1n) is 16.1. The lowest BCUT2D eigenvalue weighted by Gasteiger charge is -2.18. The highest BCUT2D eigenvalue weighted by Gasteiger charge is 2.17. The van der Waals surface area contributed by atoms with Crippen LogP contribution in [0.5, 0.6) is 0 Å². The average Bonchev–Trinajstić information content (AvgIpc) is 3.59. The number of hydrogen-bond acceptors (Lipinski definition) is 2. The standard InChI is InChI=1S/C45H32N2O/c1-30(32-15-5-3-6-16-32)46-45(47-31(2)42-29-36-19-9-14-24-41(36)48-42)35-27-25-34(26-28-35)44-39-22-12-10-20-37(39)43(33-17-7-4-8-18-33)38-21-11-13-23-40(38)44/h3-29H,2H2,1H3. The Kier molecular flexibility index (Phi) is 7.56. The van der Waals surface area contributed by atoms with Gasteiger partial charge in [0.1, 0.15) is 11.3 Å². The summed E-state index contributed by atoms with van der Waals surface area (Å²) in [6.07, 6.45) is 0. The zero-order valence-corrected chi connectivity index (χ0v) is 26.6. The van der Waals surface area contributed by atoms with E-state index in [0.29, 0.717) is 17.3 Å². The van der Waals surface area contributed by atoms with Gasteiger partial charge in [0, 0.05) is 16.7 Å². The Balaban J connectivity index is 1.26. The number of aliphatic imine (C=N–C) groups is 2. The molecule has 3 nitrogen and oxygen atoms in total. The van der Waals surface area contributed by atoms with Crippen LogP contribution in [0.4, 0.5) is 0 Å². The van der Waals surface area contributed by atoms with Gasteiger partial charge < -0.3 is 4.42 Å². The minimum atomic E-state index is 0.517. The molecule has 1 heterocycles. The second-order valence-corrected chi connectivity index (χ2v) is 11.9. The van der Waals surface area contributed by atoms with E-state index in [4.69, 9.17) is 14.4 Å². The minimum Gasteiger partial charge on any atom is -0.454 e. The van der Waals surface area contributed by atoms with Gasteiger partial charge in [-0.15, -0.1) is 0 Å². The Bertz CT molecular complexity index is 2410. The van der Waals surface area contributed by atoms with Crippen LogP contribution in [0.15, 0.2) is 185 Å². The zero-order valence-electron chi connectivity index (χ0n) is 26.6. The Hall–Kier alpha value is -6.32. The molecule has 0 aliphatic rings. The third-order valence-corrected chi connectivity index (χ3v) is 8.84. The molecule has 8 rings (SSSR count). The fourth-order valence-electron chi connectivity index (χ4n) is 6.51. The van der Waals surface area contributed by atoms with Gasteiger partial charge in [0.15, 0.2) is 11.6 Å². The summed E-state index contributed by atoms with van der Waals surface area (Å²) in [6.45, 7) is 6.29. The molecule has 48 heavy (non-hydrogen) atoms. The summed E-state index contributed by atoms with van der Waals surface area (Å²) in [5.74, 6) is 1.19. The van der Waals surface area contributed by atoms with E-state index in [2.05, 4.69) is 122 Å². The molecule has 228 valence electrons. The first-order chi connectivity index (χ1) is 23.6. The Morgan fingerprint density at radius 1 is 0.500 bits per heavy atom. The fraction of sp³-hybridized carbons (Fsp3) is 0.0222. The van der Waals surface area contributed by atoms with Crippen LogP contribution in [0.25, 0.3) is 60.5 Å². The van der Waals surface area contributed by atoms with E-state index in [0.717, 1.165) is 33.4 Å². The topological polar surface area (TPSA) is 37.9 Å². The molecule has 7 aromatic carbocycles. The van der Waals surface area contributed by atoms with E-state index in [1.807, 2.05) is 55.5 Å². The lowest BCUT2D eigenvalue weighted by molar-refractivity contribution is 0.599. The van der Waals surface area contributed by atoms with Gasteiger partial charge in [-0.05, 0) is 68.4 Å². The van der Waals surface area contributed by atoms with Crippen LogP contribution in [0.3, 0.4) is 0 Å². The van der Waals surface area contributed by atoms with Gasteiger partial charge in [0.25, 0.3) is 0 Å². The summed E-state index contributed by atoms with van der Waals surface area (Å²) in [7, 11) is 0. The molecule has 3 heteroatoms. The molecule has 0 atom stereocenters. The molecule has 0 radical (unpaired) electrons. The molecule has 0 aliphatic heterocycles. The van der Waals surface area contributed by atoms with E-state index in [-0.39, 0.29) is 0 Å². The second-order valence-electron chi connectivity index (χ2n) is 11.9. The molecular weight excluding hydrogens is 585 g/mol. The van der Waals surface area contributed by atoms with Crippen LogP contribution in [0.1, 0.15) is 23.8 Å². The van der Waals surface area contributed by atoms with Crippen LogP contribution in [-0.2, 0) is 0 Å². The Morgan fingerprint density at radius 3 is 1.58 bits per heavy atom. The summed E-state index contributed by atoms with van der Waals surface area (Å²) >= 11 is 0. The highest BCUT2D eigenvalue weighted by atomic mass is 16.3. The molecule has 0 spiro atoms. The maximum absolute atomic E-state index is 6.10. The van der Waals surface area contributed by atoms with E-state index in [9.17, 15) is 0 Å². The highest BCUT2D eigenvalue weighted by Crippen LogP contribution is 2.43. The van der Waals surface area contributed by atoms with Gasteiger partial charge in [-0.1, -0.05) is 158 Å². The third kappa shape index (κ3) is 5.42. The monoisotopic (exact) mass is 616 g/mol. The predicted octanol–water partition coefficient (Wildman–Crippen LogP) is 12.0. The van der Waals surface area contributed by atoms with Gasteiger partial charge in [-0.3, -0.25) is 0 Å². The maximum Gasteiger partial charge on any atom is 0.160 e. The highest BCUT2D eigenvalue weighted by molar-refractivity contribution is 6.21. The Morgan fingerprint density at radius 2 is 1.00 bits per heavy atom. The number of furan rings is 1. The largest absolute Gasteiger partial charge is 0.454 e. The molecule has 0 aliphatic carbocycles. The van der Waals surface area contributed by atoms with Crippen molar-refractivity contribution in [2.45, 2.75) is 6.92 Å². The van der Waals surface area contributed by atoms with Crippen molar-refractivity contribution in [2.24, 2.45) is 9.98 Å². The van der Waals surface area contributed by atoms with Crippen molar-refractivity contribution >= 4 is 49.8 Å². The lowest BCUT2D eigenvalue weighted by atomic mass is 9.86. The van der Waals surface area contributed by atoms with Crippen LogP contribution >= 0.6 is 0 Å². The second kappa shape index (κ2) is 12.5. The zero-order chi connectivity index (χ0) is 32.5. The number of hydrogen-bond donors (Lipinski definition) is 0. The van der Waals surface area contributed by atoms with E-state index < -0.39 is 0 Å². The quantitative estimate of drug-likeness (QED) is 0.104. The maximum atomic E-state index is 6.10. The fourth-order valence-corrected chi connectivity index (χ4v) is 6.51. The number of amidine groups is 1. The number of fused-ring (bicyclic) bond motifs is 3. The van der Waals surface area contributed by atoms with Crippen LogP contribution in [-0.4, -0.2) is 11.5 Å². The normalized spacial score (nSPS) is 12.2. The van der Waals surface area contributed by atoms with Crippen molar-refractivity contribution in [1.29, 1.82) is 0 Å². The van der Waals surface area contributed by atoms with Crippen LogP contribution in [0, 0.1) is 0 Å². The van der Waals surface area contributed by atoms with E-state index in [1.54, 1.807) is 0 Å². The van der Waals surface area contributed by atoms with Gasteiger partial charge in [0.2, 0.25) is 0 Å². The lowest BCUT2D eigenvalue weighted by Crippen LogP contribution is -2.04. The van der Waals surface area contributed by atoms with Crippen molar-refractivity contribution in [1.82, 2.24) is 0 Å². The third-order valence-electron chi connectivity index (χ3n) is 8.84. The van der Waals surface area contributed by atoms with Gasteiger partial charge in [0.05, 0.1) is 0 Å². The van der Waals surface area contributed by atoms with Crippen molar-refractivity contribution in [3.8, 4) is 22.3 Å². The molecule has 0 bridgehead atoms. The van der Waals surface area contributed by atoms with Crippen molar-refractivity contribution in [3.63, 3.8) is 0 Å². The van der Waals surface area contributed by atoms with Crippen LogP contribution < -0.4 is 0 Å². The number of para-hydroxylation sites is 1. The van der Waals surface area contributed by atoms with E-state index in [1.165, 1.54) is 38.2 Å². The molecule has 1 aromatic heterocycles. The first kappa shape index (κ1) is 29.1. The summed E-state index contributed by atoms with van der Waals surface area (Å²) in [6, 6.07) is 56.7. The molecule has 0 amide bonds. The summed E-state index contributed by atoms with van der Waals surface area (Å²) in [5.41, 5.74) is 8.92. The van der Waals surface area contributed by atoms with Gasteiger partial charge >= 0.3 is 0 Å². The average molecular weight is 617 g/mol. The first-order valence-corrected chi connectivity index (χ1v) is 16.1. The minimum absolute atomic E-state index is 0.517. The number of nitrogens with zero attached hydrogens (tertiary/aromatic N) is 2. The predicted molar refractivity (Wildman–Crippen MR) is 203 cm³/mol. The SMILES string of the molecule is C=C(N=C(N=C(C)c1ccccc1)c1ccc(-c2c3ccccc3c(-c3ccccc3)c3ccccc23)cc1)c1cc2ccccc2o1. The molecule has 0 saturated heterocycles. The smallest absolute Gasteiger partial charge is 0.160 e. The molecule has 0 saturated carbocycles. The Labute approximate surface area is 279 Å². The van der Waals surface area contributed by atoms with Gasteiger partial charge in [-0.25, -0.2) is 9.98 Å². The van der Waals surface area contributed by atoms with Crippen molar-refractivity contribution < 1.29 is 4.42 Å². The number of rotatable bonds is 6. The molecule has 8 aromatic rings. The summed E-state index contributed by atoms with van der Waals surface area (Å²) < 4.78 is 6.10. The molecule has 0 fully saturated rings. The van der Waals surface area contributed by atoms with Crippen molar-refractivity contribution in [3.05, 3.63) is 187 Å². The summed E-state index contributed by atoms with van der Waals surface area (Å²) in [4.78, 5) is 10.0. The van der Waals surface area contributed by atoms with Crippen LogP contribution in [0.2, 0.25) is 0 Å². The molecule has 0 N–H and O–H groups in total. The number of benzene rings is 7. The van der Waals surface area contributed by atoms with Gasteiger partial charge in [-0.2, -0.15) is 0 Å². The van der Waals surface area contributed by atoms with E-state index >= 15 is 0 Å². The summed E-state index contributed by atoms with van der Waals surface area (Å²) in [5, 5.41) is 5.90. The van der Waals surface area contributed by atoms with Crippen molar-refractivity contribution in [2.75, 3.05) is 0 Å². The molecular formula is C45H32N2O.